The number of carbonyl (C=O) groups excluding carboxylic acids is 2. The van der Waals surface area contributed by atoms with Gasteiger partial charge in [0.15, 0.2) is 6.07 Å². The number of carbonyl (C=O) groups is 2. The van der Waals surface area contributed by atoms with Gasteiger partial charge in [0.05, 0.1) is 0 Å². The van der Waals surface area contributed by atoms with Gasteiger partial charge in [0.1, 0.15) is 11.6 Å². The zero-order chi connectivity index (χ0) is 13.5. The van der Waals surface area contributed by atoms with Crippen LogP contribution < -0.4 is 0 Å². The third kappa shape index (κ3) is 2.71. The maximum absolute atomic E-state index is 12.1. The monoisotopic (exact) mass is 275 g/mol. The van der Waals surface area contributed by atoms with Crippen molar-refractivity contribution in [3.05, 3.63) is 0 Å². The quantitative estimate of drug-likeness (QED) is 0.572. The maximum atomic E-state index is 12.1. The van der Waals surface area contributed by atoms with Crippen LogP contribution in [0.1, 0.15) is 33.6 Å². The molecule has 2 fully saturated rings. The smallest absolute Gasteiger partial charge is 0.411 e. The lowest BCUT2D eigenvalue weighted by Crippen LogP contribution is -2.46. The van der Waals surface area contributed by atoms with Gasteiger partial charge in [-0.15, -0.1) is 0 Å². The van der Waals surface area contributed by atoms with Crippen LogP contribution in [0, 0.1) is 5.92 Å². The van der Waals surface area contributed by atoms with E-state index >= 15 is 0 Å². The summed E-state index contributed by atoms with van der Waals surface area (Å²) in [6, 6.07) is -0.595. The highest BCUT2D eigenvalue weighted by molar-refractivity contribution is 6.17. The van der Waals surface area contributed by atoms with E-state index in [1.165, 1.54) is 4.90 Å². The van der Waals surface area contributed by atoms with E-state index < -0.39 is 23.7 Å². The Hall–Kier alpha value is -0.970. The molecule has 18 heavy (non-hydrogen) atoms. The zero-order valence-electron chi connectivity index (χ0n) is 10.8. The average Bonchev–Trinajstić information content (AvgIpc) is 2.86. The highest BCUT2D eigenvalue weighted by Crippen LogP contribution is 2.48. The Labute approximate surface area is 111 Å². The van der Waals surface area contributed by atoms with E-state index in [1.807, 2.05) is 0 Å². The molecule has 0 radical (unpaired) electrons. The summed E-state index contributed by atoms with van der Waals surface area (Å²) < 4.78 is 10.1. The standard InChI is InChI=1S/C12H18ClNO4/c1-12(2,3)18-11(16)14-8-4-7(8)5-9(14)10(15)17-6-13/h7-9H,4-6H2,1-3H3/t7-,8-,9-/m1/s1. The molecule has 1 saturated heterocycles. The lowest BCUT2D eigenvalue weighted by Gasteiger charge is -2.29. The fraction of sp³-hybridized carbons (Fsp3) is 0.833. The molecule has 0 spiro atoms. The highest BCUT2D eigenvalue weighted by Gasteiger charge is 2.57. The van der Waals surface area contributed by atoms with Gasteiger partial charge in [0.2, 0.25) is 0 Å². The highest BCUT2D eigenvalue weighted by atomic mass is 35.5. The molecule has 3 atom stereocenters. The van der Waals surface area contributed by atoms with Crippen LogP contribution in [-0.4, -0.2) is 40.7 Å². The molecule has 1 saturated carbocycles. The summed E-state index contributed by atoms with van der Waals surface area (Å²) in [5.74, 6) is -0.0338. The summed E-state index contributed by atoms with van der Waals surface area (Å²) in [7, 11) is 0. The molecule has 102 valence electrons. The Morgan fingerprint density at radius 3 is 2.56 bits per heavy atom. The number of rotatable bonds is 2. The van der Waals surface area contributed by atoms with Gasteiger partial charge in [-0.25, -0.2) is 9.59 Å². The van der Waals surface area contributed by atoms with E-state index in [0.717, 1.165) is 6.42 Å². The van der Waals surface area contributed by atoms with Crippen LogP contribution in [-0.2, 0) is 14.3 Å². The first kappa shape index (κ1) is 13.5. The fourth-order valence-electron chi connectivity index (χ4n) is 2.39. The molecule has 0 aromatic carbocycles. The minimum atomic E-state index is -0.564. The Morgan fingerprint density at radius 2 is 2.00 bits per heavy atom. The molecular weight excluding hydrogens is 258 g/mol. The number of likely N-dealkylation sites (tertiary alicyclic amines) is 1. The van der Waals surface area contributed by atoms with Crippen LogP contribution in [0.25, 0.3) is 0 Å². The minimum Gasteiger partial charge on any atom is -0.448 e. The Balaban J connectivity index is 2.04. The fourth-order valence-corrected chi connectivity index (χ4v) is 2.50. The van der Waals surface area contributed by atoms with E-state index in [9.17, 15) is 9.59 Å². The van der Waals surface area contributed by atoms with Crippen LogP contribution >= 0.6 is 11.6 Å². The largest absolute Gasteiger partial charge is 0.448 e. The second kappa shape index (κ2) is 4.61. The first-order chi connectivity index (χ1) is 8.33. The van der Waals surface area contributed by atoms with Crippen LogP contribution in [0.4, 0.5) is 4.79 Å². The van der Waals surface area contributed by atoms with Gasteiger partial charge >= 0.3 is 12.1 Å². The molecule has 5 nitrogen and oxygen atoms in total. The Kier molecular flexibility index (Phi) is 3.45. The van der Waals surface area contributed by atoms with Crippen LogP contribution in [0.5, 0.6) is 0 Å². The number of alkyl halides is 1. The average molecular weight is 276 g/mol. The van der Waals surface area contributed by atoms with E-state index in [2.05, 4.69) is 0 Å². The molecular formula is C12H18ClNO4. The van der Waals surface area contributed by atoms with Crippen molar-refractivity contribution in [3.63, 3.8) is 0 Å². The van der Waals surface area contributed by atoms with Crippen molar-refractivity contribution < 1.29 is 19.1 Å². The molecule has 2 rings (SSSR count). The molecule has 0 aromatic heterocycles. The van der Waals surface area contributed by atoms with Crippen molar-refractivity contribution in [1.82, 2.24) is 4.90 Å². The summed E-state index contributed by atoms with van der Waals surface area (Å²) in [5, 5.41) is 0. The number of piperidine rings is 1. The molecule has 0 N–H and O–H groups in total. The maximum Gasteiger partial charge on any atom is 0.411 e. The summed E-state index contributed by atoms with van der Waals surface area (Å²) in [6.07, 6.45) is 1.16. The third-order valence-electron chi connectivity index (χ3n) is 3.18. The lowest BCUT2D eigenvalue weighted by atomic mass is 10.2. The lowest BCUT2D eigenvalue weighted by molar-refractivity contribution is -0.147. The molecule has 0 aromatic rings. The molecule has 0 bridgehead atoms. The van der Waals surface area contributed by atoms with Gasteiger partial charge in [-0.05, 0) is 39.5 Å². The van der Waals surface area contributed by atoms with E-state index in [4.69, 9.17) is 21.1 Å². The molecule has 0 unspecified atom stereocenters. The predicted molar refractivity (Wildman–Crippen MR) is 65.2 cm³/mol. The SMILES string of the molecule is CC(C)(C)OC(=O)N1[C@@H](C(=O)OCCl)C[C@H]2C[C@H]21. The van der Waals surface area contributed by atoms with Crippen molar-refractivity contribution in [2.75, 3.05) is 6.07 Å². The first-order valence-corrected chi connectivity index (χ1v) is 6.61. The first-order valence-electron chi connectivity index (χ1n) is 6.07. The van der Waals surface area contributed by atoms with Crippen molar-refractivity contribution in [2.24, 2.45) is 5.92 Å². The van der Waals surface area contributed by atoms with E-state index in [0.29, 0.717) is 12.3 Å². The number of halogens is 1. The normalized spacial score (nSPS) is 29.8. The third-order valence-corrected chi connectivity index (χ3v) is 3.29. The number of nitrogens with zero attached hydrogens (tertiary/aromatic N) is 1. The second-order valence-corrected chi connectivity index (χ2v) is 5.99. The predicted octanol–water partition coefficient (Wildman–Crippen LogP) is 2.12. The van der Waals surface area contributed by atoms with Gasteiger partial charge in [-0.1, -0.05) is 11.6 Å². The van der Waals surface area contributed by atoms with E-state index in [1.54, 1.807) is 20.8 Å². The topological polar surface area (TPSA) is 55.8 Å². The van der Waals surface area contributed by atoms with Gasteiger partial charge in [-0.3, -0.25) is 4.90 Å². The van der Waals surface area contributed by atoms with E-state index in [-0.39, 0.29) is 12.1 Å². The number of hydrogen-bond donors (Lipinski definition) is 0. The van der Waals surface area contributed by atoms with Gasteiger partial charge in [-0.2, -0.15) is 0 Å². The Morgan fingerprint density at radius 1 is 1.33 bits per heavy atom. The number of esters is 1. The molecule has 1 aliphatic heterocycles. The molecule has 6 heteroatoms. The number of hydrogen-bond acceptors (Lipinski definition) is 4. The van der Waals surface area contributed by atoms with Crippen molar-refractivity contribution in [2.45, 2.75) is 51.3 Å². The number of fused-ring (bicyclic) bond motifs is 1. The minimum absolute atomic E-state index is 0.132. The molecule has 1 aliphatic carbocycles. The summed E-state index contributed by atoms with van der Waals surface area (Å²) >= 11 is 5.38. The van der Waals surface area contributed by atoms with Gasteiger partial charge in [0.25, 0.3) is 0 Å². The van der Waals surface area contributed by atoms with Crippen molar-refractivity contribution in [3.8, 4) is 0 Å². The summed E-state index contributed by atoms with van der Waals surface area (Å²) in [4.78, 5) is 25.3. The second-order valence-electron chi connectivity index (χ2n) is 5.77. The van der Waals surface area contributed by atoms with Crippen molar-refractivity contribution >= 4 is 23.7 Å². The molecule has 2 aliphatic rings. The van der Waals surface area contributed by atoms with Crippen LogP contribution in [0.3, 0.4) is 0 Å². The summed E-state index contributed by atoms with van der Waals surface area (Å²) in [6.45, 7) is 5.41. The molecule has 1 amide bonds. The van der Waals surface area contributed by atoms with Crippen molar-refractivity contribution in [1.29, 1.82) is 0 Å². The Bertz CT molecular complexity index is 366. The number of amides is 1. The summed E-state index contributed by atoms with van der Waals surface area (Å²) in [5.41, 5.74) is -0.564. The van der Waals surface area contributed by atoms with Gasteiger partial charge in [0, 0.05) is 6.04 Å². The van der Waals surface area contributed by atoms with Crippen LogP contribution in [0.15, 0.2) is 0 Å². The van der Waals surface area contributed by atoms with Gasteiger partial charge < -0.3 is 9.47 Å². The molecule has 1 heterocycles. The number of ether oxygens (including phenoxy) is 2. The van der Waals surface area contributed by atoms with Crippen LogP contribution in [0.2, 0.25) is 0 Å². The zero-order valence-corrected chi connectivity index (χ0v) is 11.6.